The van der Waals surface area contributed by atoms with Crippen LogP contribution in [0.4, 0.5) is 4.39 Å². The van der Waals surface area contributed by atoms with Gasteiger partial charge in [0.05, 0.1) is 0 Å². The van der Waals surface area contributed by atoms with Gasteiger partial charge >= 0.3 is 0 Å². The summed E-state index contributed by atoms with van der Waals surface area (Å²) < 4.78 is 13.8. The van der Waals surface area contributed by atoms with E-state index in [0.717, 1.165) is 10.0 Å². The molecule has 2 aromatic rings. The molecule has 2 aromatic carbocycles. The average Bonchev–Trinajstić information content (AvgIpc) is 2.46. The highest BCUT2D eigenvalue weighted by Gasteiger charge is 2.09. The van der Waals surface area contributed by atoms with Crippen molar-refractivity contribution in [2.45, 2.75) is 12.8 Å². The SMILES string of the molecule is CC(CNC(=O)c1ccc(Br)cc1)c1ccc(F)cc1. The Labute approximate surface area is 126 Å². The van der Waals surface area contributed by atoms with Crippen molar-refractivity contribution in [1.82, 2.24) is 5.32 Å². The lowest BCUT2D eigenvalue weighted by atomic mass is 10.0. The molecule has 0 saturated heterocycles. The molecule has 0 spiro atoms. The van der Waals surface area contributed by atoms with Gasteiger partial charge in [-0.3, -0.25) is 4.79 Å². The lowest BCUT2D eigenvalue weighted by Gasteiger charge is -2.13. The summed E-state index contributed by atoms with van der Waals surface area (Å²) in [6, 6.07) is 13.5. The highest BCUT2D eigenvalue weighted by atomic mass is 79.9. The van der Waals surface area contributed by atoms with E-state index in [1.54, 1.807) is 24.3 Å². The van der Waals surface area contributed by atoms with E-state index >= 15 is 0 Å². The maximum absolute atomic E-state index is 12.8. The van der Waals surface area contributed by atoms with Crippen molar-refractivity contribution in [2.75, 3.05) is 6.54 Å². The van der Waals surface area contributed by atoms with Gasteiger partial charge in [-0.15, -0.1) is 0 Å². The number of rotatable bonds is 4. The molecule has 0 aliphatic carbocycles. The van der Waals surface area contributed by atoms with Gasteiger partial charge in [0.2, 0.25) is 0 Å². The molecule has 1 atom stereocenters. The molecule has 0 aromatic heterocycles. The van der Waals surface area contributed by atoms with E-state index in [-0.39, 0.29) is 17.6 Å². The van der Waals surface area contributed by atoms with Gasteiger partial charge in [0.25, 0.3) is 5.91 Å². The van der Waals surface area contributed by atoms with Crippen LogP contribution in [0.3, 0.4) is 0 Å². The van der Waals surface area contributed by atoms with Crippen molar-refractivity contribution in [3.8, 4) is 0 Å². The van der Waals surface area contributed by atoms with Gasteiger partial charge in [-0.2, -0.15) is 0 Å². The quantitative estimate of drug-likeness (QED) is 0.894. The Bertz CT molecular complexity index is 580. The number of carbonyl (C=O) groups excluding carboxylic acids is 1. The minimum Gasteiger partial charge on any atom is -0.351 e. The van der Waals surface area contributed by atoms with Crippen LogP contribution < -0.4 is 5.32 Å². The Balaban J connectivity index is 1.92. The van der Waals surface area contributed by atoms with Gasteiger partial charge in [0.1, 0.15) is 5.82 Å². The predicted octanol–water partition coefficient (Wildman–Crippen LogP) is 4.12. The van der Waals surface area contributed by atoms with E-state index in [2.05, 4.69) is 21.2 Å². The molecule has 0 aliphatic heterocycles. The van der Waals surface area contributed by atoms with Crippen LogP contribution in [0.15, 0.2) is 53.0 Å². The molecular weight excluding hydrogens is 321 g/mol. The summed E-state index contributed by atoms with van der Waals surface area (Å²) in [5, 5.41) is 2.88. The highest BCUT2D eigenvalue weighted by molar-refractivity contribution is 9.10. The normalized spacial score (nSPS) is 11.9. The summed E-state index contributed by atoms with van der Waals surface area (Å²) in [7, 11) is 0. The van der Waals surface area contributed by atoms with Crippen LogP contribution in [0.1, 0.15) is 28.8 Å². The molecule has 2 rings (SSSR count). The fourth-order valence-corrected chi connectivity index (χ4v) is 2.12. The third-order valence-corrected chi connectivity index (χ3v) is 3.64. The molecule has 0 saturated carbocycles. The van der Waals surface area contributed by atoms with E-state index in [1.165, 1.54) is 12.1 Å². The van der Waals surface area contributed by atoms with Crippen LogP contribution in [-0.2, 0) is 0 Å². The Morgan fingerprint density at radius 1 is 1.15 bits per heavy atom. The molecule has 0 bridgehead atoms. The highest BCUT2D eigenvalue weighted by Crippen LogP contribution is 2.15. The average molecular weight is 336 g/mol. The third-order valence-electron chi connectivity index (χ3n) is 3.11. The van der Waals surface area contributed by atoms with Crippen molar-refractivity contribution < 1.29 is 9.18 Å². The zero-order valence-electron chi connectivity index (χ0n) is 11.1. The van der Waals surface area contributed by atoms with Gasteiger partial charge < -0.3 is 5.32 Å². The number of hydrogen-bond donors (Lipinski definition) is 1. The molecule has 2 nitrogen and oxygen atoms in total. The molecule has 104 valence electrons. The number of amides is 1. The van der Waals surface area contributed by atoms with Crippen LogP contribution >= 0.6 is 15.9 Å². The molecule has 4 heteroatoms. The summed E-state index contributed by atoms with van der Waals surface area (Å²) in [4.78, 5) is 12.0. The van der Waals surface area contributed by atoms with Crippen molar-refractivity contribution in [1.29, 1.82) is 0 Å². The smallest absolute Gasteiger partial charge is 0.251 e. The number of carbonyl (C=O) groups is 1. The van der Waals surface area contributed by atoms with Crippen LogP contribution in [-0.4, -0.2) is 12.5 Å². The first kappa shape index (κ1) is 14.7. The topological polar surface area (TPSA) is 29.1 Å². The Morgan fingerprint density at radius 3 is 2.35 bits per heavy atom. The predicted molar refractivity (Wildman–Crippen MR) is 81.3 cm³/mol. The fraction of sp³-hybridized carbons (Fsp3) is 0.188. The summed E-state index contributed by atoms with van der Waals surface area (Å²) in [6.07, 6.45) is 0. The third kappa shape index (κ3) is 3.90. The lowest BCUT2D eigenvalue weighted by Crippen LogP contribution is -2.27. The fourth-order valence-electron chi connectivity index (χ4n) is 1.86. The Morgan fingerprint density at radius 2 is 1.75 bits per heavy atom. The van der Waals surface area contributed by atoms with E-state index in [1.807, 2.05) is 19.1 Å². The minimum atomic E-state index is -0.250. The largest absolute Gasteiger partial charge is 0.351 e. The van der Waals surface area contributed by atoms with Crippen molar-refractivity contribution in [3.05, 3.63) is 69.9 Å². The summed E-state index contributed by atoms with van der Waals surface area (Å²) in [6.45, 7) is 2.51. The first-order valence-electron chi connectivity index (χ1n) is 6.35. The van der Waals surface area contributed by atoms with Gasteiger partial charge in [-0.05, 0) is 47.9 Å². The summed E-state index contributed by atoms with van der Waals surface area (Å²) in [5.74, 6) is -0.221. The van der Waals surface area contributed by atoms with Crippen LogP contribution in [0.2, 0.25) is 0 Å². The molecule has 1 unspecified atom stereocenters. The molecule has 1 amide bonds. The molecule has 0 radical (unpaired) electrons. The maximum Gasteiger partial charge on any atom is 0.251 e. The molecule has 0 heterocycles. The second-order valence-corrected chi connectivity index (χ2v) is 5.59. The monoisotopic (exact) mass is 335 g/mol. The van der Waals surface area contributed by atoms with E-state index in [9.17, 15) is 9.18 Å². The number of nitrogens with one attached hydrogen (secondary N) is 1. The Hall–Kier alpha value is -1.68. The number of benzene rings is 2. The standard InChI is InChI=1S/C16H15BrFNO/c1-11(12-4-8-15(18)9-5-12)10-19-16(20)13-2-6-14(17)7-3-13/h2-9,11H,10H2,1H3,(H,19,20). The number of hydrogen-bond acceptors (Lipinski definition) is 1. The van der Waals surface area contributed by atoms with E-state index < -0.39 is 0 Å². The second kappa shape index (κ2) is 6.66. The number of halogens is 2. The van der Waals surface area contributed by atoms with Gasteiger partial charge in [0, 0.05) is 16.6 Å². The minimum absolute atomic E-state index is 0.105. The second-order valence-electron chi connectivity index (χ2n) is 4.67. The Kier molecular flexibility index (Phi) is 4.90. The lowest BCUT2D eigenvalue weighted by molar-refractivity contribution is 0.0951. The zero-order valence-corrected chi connectivity index (χ0v) is 12.7. The first-order chi connectivity index (χ1) is 9.56. The maximum atomic E-state index is 12.8. The van der Waals surface area contributed by atoms with Crippen molar-refractivity contribution >= 4 is 21.8 Å². The van der Waals surface area contributed by atoms with Crippen molar-refractivity contribution in [2.24, 2.45) is 0 Å². The molecular formula is C16H15BrFNO. The van der Waals surface area contributed by atoms with E-state index in [4.69, 9.17) is 0 Å². The van der Waals surface area contributed by atoms with Crippen LogP contribution in [0.5, 0.6) is 0 Å². The summed E-state index contributed by atoms with van der Waals surface area (Å²) in [5.41, 5.74) is 1.63. The van der Waals surface area contributed by atoms with Gasteiger partial charge in [0.15, 0.2) is 0 Å². The molecule has 0 aliphatic rings. The summed E-state index contributed by atoms with van der Waals surface area (Å²) >= 11 is 3.33. The van der Waals surface area contributed by atoms with Crippen LogP contribution in [0.25, 0.3) is 0 Å². The molecule has 20 heavy (non-hydrogen) atoms. The van der Waals surface area contributed by atoms with Gasteiger partial charge in [-0.25, -0.2) is 4.39 Å². The van der Waals surface area contributed by atoms with E-state index in [0.29, 0.717) is 12.1 Å². The zero-order chi connectivity index (χ0) is 14.5. The molecule has 1 N–H and O–H groups in total. The van der Waals surface area contributed by atoms with Gasteiger partial charge in [-0.1, -0.05) is 35.0 Å². The van der Waals surface area contributed by atoms with Crippen LogP contribution in [0, 0.1) is 5.82 Å². The van der Waals surface area contributed by atoms with Crippen molar-refractivity contribution in [3.63, 3.8) is 0 Å². The molecule has 0 fully saturated rings. The first-order valence-corrected chi connectivity index (χ1v) is 7.15.